The number of nitrogens with one attached hydrogen (secondary N) is 4. The van der Waals surface area contributed by atoms with Crippen molar-refractivity contribution in [2.24, 2.45) is 0 Å². The Bertz CT molecular complexity index is 1530. The second-order valence-electron chi connectivity index (χ2n) is 10.3. The summed E-state index contributed by atoms with van der Waals surface area (Å²) in [6.07, 6.45) is 5.38. The zero-order valence-corrected chi connectivity index (χ0v) is 22.2. The van der Waals surface area contributed by atoms with Gasteiger partial charge in [-0.1, -0.05) is 17.1 Å². The number of benzene rings is 2. The van der Waals surface area contributed by atoms with Crippen LogP contribution in [0.4, 0.5) is 17.5 Å². The van der Waals surface area contributed by atoms with E-state index in [1.807, 2.05) is 25.1 Å². The van der Waals surface area contributed by atoms with E-state index in [0.29, 0.717) is 53.9 Å². The number of rotatable bonds is 9. The second-order valence-corrected chi connectivity index (χ2v) is 10.3. The van der Waals surface area contributed by atoms with E-state index in [4.69, 9.17) is 9.72 Å². The van der Waals surface area contributed by atoms with Crippen molar-refractivity contribution in [2.75, 3.05) is 23.8 Å². The molecule has 6 rings (SSSR count). The summed E-state index contributed by atoms with van der Waals surface area (Å²) in [5, 5.41) is 16.7. The molecule has 2 amide bonds. The van der Waals surface area contributed by atoms with Crippen molar-refractivity contribution in [2.45, 2.75) is 51.2 Å². The molecule has 1 saturated carbocycles. The van der Waals surface area contributed by atoms with Crippen LogP contribution in [0, 0.1) is 6.92 Å². The van der Waals surface area contributed by atoms with E-state index < -0.39 is 0 Å². The molecule has 4 aromatic rings. The predicted octanol–water partition coefficient (Wildman–Crippen LogP) is 3.60. The molecule has 2 aromatic carbocycles. The number of carbonyl (C=O) groups is 2. The maximum atomic E-state index is 12.5. The molecule has 1 fully saturated rings. The smallest absolute Gasteiger partial charge is 0.307 e. The molecule has 2 aliphatic rings. The van der Waals surface area contributed by atoms with Crippen LogP contribution >= 0.6 is 0 Å². The molecule has 0 atom stereocenters. The molecule has 11 nitrogen and oxygen atoms in total. The maximum Gasteiger partial charge on any atom is 0.307 e. The first-order chi connectivity index (χ1) is 19.5. The summed E-state index contributed by atoms with van der Waals surface area (Å²) < 4.78 is 5.91. The predicted molar refractivity (Wildman–Crippen MR) is 149 cm³/mol. The minimum Gasteiger partial charge on any atom is -0.494 e. The number of imide groups is 1. The molecule has 1 aliphatic carbocycles. The minimum absolute atomic E-state index is 0.217. The van der Waals surface area contributed by atoms with Gasteiger partial charge in [0.2, 0.25) is 5.52 Å². The number of aliphatic hydroxyl groups is 1. The molecule has 0 bridgehead atoms. The largest absolute Gasteiger partial charge is 0.494 e. The van der Waals surface area contributed by atoms with E-state index in [1.165, 1.54) is 4.90 Å². The molecule has 0 unspecified atom stereocenters. The van der Waals surface area contributed by atoms with Gasteiger partial charge < -0.3 is 20.5 Å². The van der Waals surface area contributed by atoms with E-state index in [1.54, 1.807) is 30.6 Å². The average Bonchev–Trinajstić information content (AvgIpc) is 3.53. The minimum atomic E-state index is -0.250. The Morgan fingerprint density at radius 3 is 2.55 bits per heavy atom. The summed E-state index contributed by atoms with van der Waals surface area (Å²) in [5.41, 5.74) is 4.21. The number of ether oxygens (including phenoxy) is 1. The van der Waals surface area contributed by atoms with E-state index in [2.05, 4.69) is 25.6 Å². The van der Waals surface area contributed by atoms with Gasteiger partial charge in [-0.15, -0.1) is 0 Å². The van der Waals surface area contributed by atoms with Crippen LogP contribution in [0.2, 0.25) is 0 Å². The van der Waals surface area contributed by atoms with Crippen molar-refractivity contribution in [3.8, 4) is 5.75 Å². The number of carbonyl (C=O) groups excluding carboxylic acids is 2. The summed E-state index contributed by atoms with van der Waals surface area (Å²) in [6, 6.07) is 12.9. The second kappa shape index (κ2) is 10.9. The van der Waals surface area contributed by atoms with Crippen LogP contribution in [0.15, 0.2) is 48.8 Å². The van der Waals surface area contributed by atoms with Gasteiger partial charge in [-0.25, -0.2) is 4.98 Å². The van der Waals surface area contributed by atoms with Gasteiger partial charge in [0, 0.05) is 18.3 Å². The SMILES string of the molecule is Cc1cc(OCCCN2C(=O)c3ccccc3C2=O)ccc1Nc1nc(NC2CCC(O)CC2)c2[nH]c[nH+]c2n1. The third kappa shape index (κ3) is 5.20. The summed E-state index contributed by atoms with van der Waals surface area (Å²) in [7, 11) is 0. The molecule has 0 spiro atoms. The Hall–Kier alpha value is -4.51. The van der Waals surface area contributed by atoms with E-state index in [-0.39, 0.29) is 24.0 Å². The Kier molecular flexibility index (Phi) is 7.04. The number of nitrogens with zero attached hydrogens (tertiary/aromatic N) is 3. The van der Waals surface area contributed by atoms with Crippen molar-refractivity contribution in [1.82, 2.24) is 19.9 Å². The Balaban J connectivity index is 1.06. The van der Waals surface area contributed by atoms with Crippen molar-refractivity contribution in [1.29, 1.82) is 0 Å². The lowest BCUT2D eigenvalue weighted by molar-refractivity contribution is -0.347. The van der Waals surface area contributed by atoms with Gasteiger partial charge in [0.1, 0.15) is 5.75 Å². The monoisotopic (exact) mass is 542 g/mol. The molecule has 206 valence electrons. The number of hydrogen-bond donors (Lipinski definition) is 4. The first kappa shape index (κ1) is 25.8. The molecule has 1 aliphatic heterocycles. The number of aromatic nitrogens is 4. The number of aryl methyl sites for hydroxylation is 1. The van der Waals surface area contributed by atoms with Crippen LogP contribution in [0.25, 0.3) is 11.2 Å². The molecule has 40 heavy (non-hydrogen) atoms. The van der Waals surface area contributed by atoms with Crippen LogP contribution in [-0.4, -0.2) is 62.1 Å². The summed E-state index contributed by atoms with van der Waals surface area (Å²) >= 11 is 0. The zero-order valence-electron chi connectivity index (χ0n) is 22.2. The Morgan fingerprint density at radius 2 is 1.82 bits per heavy atom. The lowest BCUT2D eigenvalue weighted by Crippen LogP contribution is -2.31. The molecule has 0 saturated heterocycles. The zero-order chi connectivity index (χ0) is 27.6. The quantitative estimate of drug-likeness (QED) is 0.185. The highest BCUT2D eigenvalue weighted by Crippen LogP contribution is 2.28. The maximum absolute atomic E-state index is 12.5. The molecular weight excluding hydrogens is 510 g/mol. The normalized spacial score (nSPS) is 18.7. The van der Waals surface area contributed by atoms with Crippen molar-refractivity contribution < 1.29 is 24.4 Å². The molecular formula is C29H32N7O4+. The topological polar surface area (TPSA) is 147 Å². The number of amides is 2. The molecule has 5 N–H and O–H groups in total. The Labute approximate surface area is 231 Å². The highest BCUT2D eigenvalue weighted by atomic mass is 16.5. The number of hydrogen-bond acceptors (Lipinski definition) is 8. The van der Waals surface area contributed by atoms with Gasteiger partial charge in [0.15, 0.2) is 12.1 Å². The number of anilines is 3. The fraction of sp³-hybridized carbons (Fsp3) is 0.345. The standard InChI is InChI=1S/C29H31N7O4/c1-17-15-20(40-14-4-13-36-27(38)21-5-2-3-6-22(21)28(36)39)11-12-23(17)33-29-34-25-24(30-16-31-25)26(35-29)32-18-7-9-19(37)10-8-18/h2-3,5-6,11-12,15-16,18-19,37H,4,7-10,13-14H2,1H3,(H3,30,31,32,33,34,35)/p+1. The molecule has 2 aromatic heterocycles. The van der Waals surface area contributed by atoms with Crippen LogP contribution < -0.4 is 20.4 Å². The van der Waals surface area contributed by atoms with Gasteiger partial charge in [-0.2, -0.15) is 4.98 Å². The highest BCUT2D eigenvalue weighted by molar-refractivity contribution is 6.21. The lowest BCUT2D eigenvalue weighted by Gasteiger charge is -2.26. The van der Waals surface area contributed by atoms with Crippen LogP contribution in [-0.2, 0) is 0 Å². The van der Waals surface area contributed by atoms with Crippen LogP contribution in [0.1, 0.15) is 58.4 Å². The first-order valence-electron chi connectivity index (χ1n) is 13.6. The number of aromatic amines is 2. The fourth-order valence-corrected chi connectivity index (χ4v) is 5.29. The van der Waals surface area contributed by atoms with Gasteiger partial charge in [0.05, 0.1) is 23.8 Å². The number of H-pyrrole nitrogens is 2. The molecule has 3 heterocycles. The third-order valence-electron chi connectivity index (χ3n) is 7.49. The van der Waals surface area contributed by atoms with Crippen molar-refractivity contribution >= 4 is 40.4 Å². The number of imidazole rings is 1. The van der Waals surface area contributed by atoms with Crippen molar-refractivity contribution in [3.05, 3.63) is 65.5 Å². The summed E-state index contributed by atoms with van der Waals surface area (Å²) in [4.78, 5) is 42.0. The van der Waals surface area contributed by atoms with E-state index in [9.17, 15) is 14.7 Å². The van der Waals surface area contributed by atoms with Crippen LogP contribution in [0.3, 0.4) is 0 Å². The van der Waals surface area contributed by atoms with Gasteiger partial charge in [-0.05, 0) is 74.9 Å². The highest BCUT2D eigenvalue weighted by Gasteiger charge is 2.34. The summed E-state index contributed by atoms with van der Waals surface area (Å²) in [6.45, 7) is 2.65. The number of fused-ring (bicyclic) bond motifs is 2. The van der Waals surface area contributed by atoms with E-state index in [0.717, 1.165) is 42.5 Å². The fourth-order valence-electron chi connectivity index (χ4n) is 5.29. The van der Waals surface area contributed by atoms with Crippen LogP contribution in [0.5, 0.6) is 5.75 Å². The van der Waals surface area contributed by atoms with Crippen molar-refractivity contribution in [3.63, 3.8) is 0 Å². The summed E-state index contributed by atoms with van der Waals surface area (Å²) in [5.74, 6) is 1.37. The van der Waals surface area contributed by atoms with Gasteiger partial charge in [-0.3, -0.25) is 19.5 Å². The number of aliphatic hydroxyl groups excluding tert-OH is 1. The van der Waals surface area contributed by atoms with E-state index >= 15 is 0 Å². The molecule has 0 radical (unpaired) electrons. The third-order valence-corrected chi connectivity index (χ3v) is 7.49. The van der Waals surface area contributed by atoms with Gasteiger partial charge in [0.25, 0.3) is 11.8 Å². The van der Waals surface area contributed by atoms with Gasteiger partial charge >= 0.3 is 11.6 Å². The molecule has 11 heteroatoms. The lowest BCUT2D eigenvalue weighted by atomic mass is 9.93. The average molecular weight is 543 g/mol. The Morgan fingerprint density at radius 1 is 1.07 bits per heavy atom. The first-order valence-corrected chi connectivity index (χ1v) is 13.6.